The van der Waals surface area contributed by atoms with Crippen molar-refractivity contribution in [3.05, 3.63) is 35.7 Å². The van der Waals surface area contributed by atoms with E-state index in [2.05, 4.69) is 22.6 Å². The maximum Gasteiger partial charge on any atom is 0.277 e. The third-order valence-corrected chi connectivity index (χ3v) is 3.67. The lowest BCUT2D eigenvalue weighted by Crippen LogP contribution is -2.43. The van der Waals surface area contributed by atoms with Gasteiger partial charge in [0.1, 0.15) is 5.75 Å². The number of ether oxygens (including phenoxy) is 1. The van der Waals surface area contributed by atoms with Crippen LogP contribution in [0.2, 0.25) is 0 Å². The Balaban J connectivity index is 1.68. The number of hydrogen-bond acceptors (Lipinski definition) is 5. The Bertz CT molecular complexity index is 707. The molecule has 1 aromatic heterocycles. The Labute approximate surface area is 127 Å². The number of aryl methyl sites for hydroxylation is 1. The van der Waals surface area contributed by atoms with E-state index in [9.17, 15) is 9.90 Å². The van der Waals surface area contributed by atoms with Crippen molar-refractivity contribution >= 4 is 11.6 Å². The minimum Gasteiger partial charge on any atom is -0.508 e. The molecule has 2 N–H and O–H groups in total. The zero-order chi connectivity index (χ0) is 15.7. The van der Waals surface area contributed by atoms with Gasteiger partial charge in [0.15, 0.2) is 5.69 Å². The fourth-order valence-corrected chi connectivity index (χ4v) is 2.39. The Morgan fingerprint density at radius 1 is 1.50 bits per heavy atom. The standard InChI is InChI=1S/C15H18N4O3/c1-10-5-11(20)3-4-12(10)16-14(21)13-6-19(18-17-13)7-15(2)8-22-9-15/h3-6,20H,7-9H2,1-2H3,(H,16,21). The SMILES string of the molecule is Cc1cc(O)ccc1NC(=O)c1cn(CC2(C)COC2)nn1. The molecule has 1 aliphatic rings. The van der Waals surface area contributed by atoms with Crippen molar-refractivity contribution < 1.29 is 14.6 Å². The normalized spacial score (nSPS) is 16.1. The first-order valence-electron chi connectivity index (χ1n) is 7.04. The van der Waals surface area contributed by atoms with Gasteiger partial charge in [-0.15, -0.1) is 5.10 Å². The van der Waals surface area contributed by atoms with Gasteiger partial charge in [-0.05, 0) is 30.7 Å². The van der Waals surface area contributed by atoms with Crippen molar-refractivity contribution in [2.24, 2.45) is 5.41 Å². The van der Waals surface area contributed by atoms with Gasteiger partial charge in [0.05, 0.1) is 26.0 Å². The van der Waals surface area contributed by atoms with Gasteiger partial charge in [0.25, 0.3) is 5.91 Å². The Hall–Kier alpha value is -2.41. The second-order valence-corrected chi connectivity index (χ2v) is 6.06. The quantitative estimate of drug-likeness (QED) is 0.837. The number of phenolic OH excluding ortho intramolecular Hbond substituents is 1. The fraction of sp³-hybridized carbons (Fsp3) is 0.400. The van der Waals surface area contributed by atoms with E-state index in [0.717, 1.165) is 5.56 Å². The van der Waals surface area contributed by atoms with E-state index in [1.807, 2.05) is 6.92 Å². The molecule has 0 spiro atoms. The van der Waals surface area contributed by atoms with E-state index in [1.54, 1.807) is 23.0 Å². The van der Waals surface area contributed by atoms with E-state index < -0.39 is 0 Å². The molecule has 1 saturated heterocycles. The Morgan fingerprint density at radius 2 is 2.27 bits per heavy atom. The molecule has 7 heteroatoms. The number of aromatic hydroxyl groups is 1. The third kappa shape index (κ3) is 2.94. The number of nitrogens with one attached hydrogen (secondary N) is 1. The maximum absolute atomic E-state index is 12.2. The molecule has 0 aliphatic carbocycles. The van der Waals surface area contributed by atoms with Gasteiger partial charge in [-0.2, -0.15) is 0 Å². The summed E-state index contributed by atoms with van der Waals surface area (Å²) in [6.45, 7) is 5.98. The smallest absolute Gasteiger partial charge is 0.277 e. The lowest BCUT2D eigenvalue weighted by Gasteiger charge is -2.37. The summed E-state index contributed by atoms with van der Waals surface area (Å²) < 4.78 is 6.87. The molecule has 0 bridgehead atoms. The molecule has 1 aromatic carbocycles. The molecule has 1 aliphatic heterocycles. The minimum absolute atomic E-state index is 0.0645. The van der Waals surface area contributed by atoms with Crippen LogP contribution < -0.4 is 5.32 Å². The van der Waals surface area contributed by atoms with Crippen molar-refractivity contribution in [2.75, 3.05) is 18.5 Å². The average molecular weight is 302 g/mol. The molecule has 0 atom stereocenters. The van der Waals surface area contributed by atoms with Crippen LogP contribution >= 0.6 is 0 Å². The summed E-state index contributed by atoms with van der Waals surface area (Å²) in [4.78, 5) is 12.2. The van der Waals surface area contributed by atoms with E-state index in [0.29, 0.717) is 25.4 Å². The van der Waals surface area contributed by atoms with Crippen LogP contribution in [0.5, 0.6) is 5.75 Å². The molecule has 1 amide bonds. The highest BCUT2D eigenvalue weighted by Crippen LogP contribution is 2.28. The highest BCUT2D eigenvalue weighted by molar-refractivity contribution is 6.03. The first kappa shape index (κ1) is 14.5. The number of hydrogen-bond donors (Lipinski definition) is 2. The van der Waals surface area contributed by atoms with Gasteiger partial charge in [0, 0.05) is 11.1 Å². The summed E-state index contributed by atoms with van der Waals surface area (Å²) in [5.41, 5.74) is 1.74. The number of benzene rings is 1. The third-order valence-electron chi connectivity index (χ3n) is 3.67. The second-order valence-electron chi connectivity index (χ2n) is 6.06. The molecule has 1 fully saturated rings. The van der Waals surface area contributed by atoms with Crippen LogP contribution in [-0.4, -0.2) is 39.2 Å². The Morgan fingerprint density at radius 3 is 2.91 bits per heavy atom. The topological polar surface area (TPSA) is 89.3 Å². The van der Waals surface area contributed by atoms with E-state index >= 15 is 0 Å². The molecule has 116 valence electrons. The van der Waals surface area contributed by atoms with Gasteiger partial charge in [0.2, 0.25) is 0 Å². The summed E-state index contributed by atoms with van der Waals surface area (Å²) in [6, 6.07) is 4.76. The number of carbonyl (C=O) groups is 1. The number of anilines is 1. The number of aromatic nitrogens is 3. The molecule has 0 unspecified atom stereocenters. The number of carbonyl (C=O) groups excluding carboxylic acids is 1. The van der Waals surface area contributed by atoms with Crippen LogP contribution in [0.15, 0.2) is 24.4 Å². The highest BCUT2D eigenvalue weighted by atomic mass is 16.5. The molecular weight excluding hydrogens is 284 g/mol. The monoisotopic (exact) mass is 302 g/mol. The first-order valence-corrected chi connectivity index (χ1v) is 7.04. The van der Waals surface area contributed by atoms with Crippen molar-refractivity contribution in [2.45, 2.75) is 20.4 Å². The molecule has 0 saturated carbocycles. The van der Waals surface area contributed by atoms with Gasteiger partial charge >= 0.3 is 0 Å². The van der Waals surface area contributed by atoms with Crippen LogP contribution in [0.1, 0.15) is 23.0 Å². The van der Waals surface area contributed by atoms with Gasteiger partial charge in [-0.25, -0.2) is 0 Å². The number of nitrogens with zero attached hydrogens (tertiary/aromatic N) is 3. The zero-order valence-electron chi connectivity index (χ0n) is 12.5. The predicted octanol–water partition coefficient (Wildman–Crippen LogP) is 1.58. The highest BCUT2D eigenvalue weighted by Gasteiger charge is 2.34. The average Bonchev–Trinajstić information content (AvgIpc) is 2.88. The van der Waals surface area contributed by atoms with E-state index in [4.69, 9.17) is 4.74 Å². The molecule has 22 heavy (non-hydrogen) atoms. The predicted molar refractivity (Wildman–Crippen MR) is 79.7 cm³/mol. The second kappa shape index (κ2) is 5.42. The lowest BCUT2D eigenvalue weighted by molar-refractivity contribution is -0.111. The fourth-order valence-electron chi connectivity index (χ4n) is 2.39. The molecule has 7 nitrogen and oxygen atoms in total. The van der Waals surface area contributed by atoms with Gasteiger partial charge in [-0.3, -0.25) is 9.48 Å². The van der Waals surface area contributed by atoms with E-state index in [1.165, 1.54) is 6.07 Å². The van der Waals surface area contributed by atoms with Crippen molar-refractivity contribution in [1.82, 2.24) is 15.0 Å². The molecule has 0 radical (unpaired) electrons. The summed E-state index contributed by atoms with van der Waals surface area (Å²) in [6.07, 6.45) is 1.63. The van der Waals surface area contributed by atoms with Crippen LogP contribution in [0.4, 0.5) is 5.69 Å². The maximum atomic E-state index is 12.2. The zero-order valence-corrected chi connectivity index (χ0v) is 12.5. The molecule has 2 aromatic rings. The van der Waals surface area contributed by atoms with Crippen LogP contribution in [-0.2, 0) is 11.3 Å². The van der Waals surface area contributed by atoms with E-state index in [-0.39, 0.29) is 22.8 Å². The van der Waals surface area contributed by atoms with Gasteiger partial charge in [-0.1, -0.05) is 12.1 Å². The van der Waals surface area contributed by atoms with Crippen LogP contribution in [0.25, 0.3) is 0 Å². The van der Waals surface area contributed by atoms with Crippen molar-refractivity contribution in [3.8, 4) is 5.75 Å². The minimum atomic E-state index is -0.324. The number of rotatable bonds is 4. The number of amides is 1. The van der Waals surface area contributed by atoms with Crippen LogP contribution in [0, 0.1) is 12.3 Å². The largest absolute Gasteiger partial charge is 0.508 e. The summed E-state index contributed by atoms with van der Waals surface area (Å²) in [5.74, 6) is -0.160. The first-order chi connectivity index (χ1) is 10.5. The molecule has 2 heterocycles. The van der Waals surface area contributed by atoms with Crippen molar-refractivity contribution in [1.29, 1.82) is 0 Å². The Kier molecular flexibility index (Phi) is 3.58. The van der Waals surface area contributed by atoms with Crippen LogP contribution in [0.3, 0.4) is 0 Å². The molecular formula is C15H18N4O3. The van der Waals surface area contributed by atoms with Crippen molar-refractivity contribution in [3.63, 3.8) is 0 Å². The van der Waals surface area contributed by atoms with Gasteiger partial charge < -0.3 is 15.2 Å². The number of phenols is 1. The summed E-state index contributed by atoms with van der Waals surface area (Å²) in [7, 11) is 0. The summed E-state index contributed by atoms with van der Waals surface area (Å²) in [5, 5.41) is 20.1. The molecule has 3 rings (SSSR count). The summed E-state index contributed by atoms with van der Waals surface area (Å²) >= 11 is 0. The lowest BCUT2D eigenvalue weighted by atomic mass is 9.89.